The van der Waals surface area contributed by atoms with Crippen LogP contribution in [0.1, 0.15) is 12.5 Å². The predicted molar refractivity (Wildman–Crippen MR) is 55.7 cm³/mol. The van der Waals surface area contributed by atoms with E-state index in [1.165, 1.54) is 5.56 Å². The third-order valence-electron chi connectivity index (χ3n) is 1.39. The largest absolute Gasteiger partial charge is 0.307 e. The van der Waals surface area contributed by atoms with E-state index in [0.29, 0.717) is 0 Å². The summed E-state index contributed by atoms with van der Waals surface area (Å²) >= 11 is 9.25. The number of carbonyl (C=O) groups excluding carboxylic acids is 1. The Hall–Kier alpha value is -0.340. The van der Waals surface area contributed by atoms with Crippen molar-refractivity contribution in [3.8, 4) is 0 Å². The summed E-state index contributed by atoms with van der Waals surface area (Å²) in [5, 5.41) is 0.853. The molecule has 0 aliphatic carbocycles. The molecule has 0 saturated carbocycles. The summed E-state index contributed by atoms with van der Waals surface area (Å²) in [7, 11) is 0. The van der Waals surface area contributed by atoms with Crippen molar-refractivity contribution in [1.82, 2.24) is 0 Å². The van der Waals surface area contributed by atoms with Gasteiger partial charge in [0.1, 0.15) is 6.79 Å². The fraction of sp³-hybridized carbons (Fsp3) is 0.222. The minimum atomic E-state index is 0.853. The van der Waals surface area contributed by atoms with Gasteiger partial charge in [-0.05, 0) is 30.2 Å². The zero-order valence-corrected chi connectivity index (χ0v) is 9.15. The van der Waals surface area contributed by atoms with Gasteiger partial charge < -0.3 is 4.79 Å². The highest BCUT2D eigenvalue weighted by Crippen LogP contribution is 2.20. The van der Waals surface area contributed by atoms with Crippen molar-refractivity contribution >= 4 is 34.3 Å². The first-order chi connectivity index (χ1) is 5.74. The van der Waals surface area contributed by atoms with Gasteiger partial charge in [0.05, 0.1) is 0 Å². The molecule has 0 N–H and O–H groups in total. The number of carbonyl (C=O) groups is 1. The number of halogens is 2. The van der Waals surface area contributed by atoms with Crippen LogP contribution in [0.25, 0.3) is 0 Å². The fourth-order valence-corrected chi connectivity index (χ4v) is 1.47. The Morgan fingerprint density at radius 2 is 2.08 bits per heavy atom. The van der Waals surface area contributed by atoms with Crippen molar-refractivity contribution in [3.05, 3.63) is 33.3 Å². The van der Waals surface area contributed by atoms with Crippen molar-refractivity contribution in [2.24, 2.45) is 0 Å². The van der Waals surface area contributed by atoms with Crippen LogP contribution in [-0.2, 0) is 11.2 Å². The van der Waals surface area contributed by atoms with E-state index >= 15 is 0 Å². The topological polar surface area (TPSA) is 17.1 Å². The van der Waals surface area contributed by atoms with E-state index < -0.39 is 0 Å². The molecule has 0 atom stereocenters. The molecular formula is C9H10BrClO. The number of hydrogen-bond acceptors (Lipinski definition) is 1. The summed E-state index contributed by atoms with van der Waals surface area (Å²) in [4.78, 5) is 8.00. The predicted octanol–water partition coefficient (Wildman–Crippen LogP) is 3.48. The van der Waals surface area contributed by atoms with Crippen molar-refractivity contribution in [3.63, 3.8) is 0 Å². The lowest BCUT2D eigenvalue weighted by molar-refractivity contribution is -0.0979. The molecule has 1 aromatic carbocycles. The maximum atomic E-state index is 8.00. The van der Waals surface area contributed by atoms with Crippen LogP contribution >= 0.6 is 27.5 Å². The minimum absolute atomic E-state index is 0.853. The van der Waals surface area contributed by atoms with Crippen LogP contribution < -0.4 is 0 Å². The average molecular weight is 250 g/mol. The van der Waals surface area contributed by atoms with Gasteiger partial charge in [0.25, 0.3) is 0 Å². The summed E-state index contributed by atoms with van der Waals surface area (Å²) in [6.07, 6.45) is 0.984. The van der Waals surface area contributed by atoms with Crippen LogP contribution in [0, 0.1) is 0 Å². The summed E-state index contributed by atoms with van der Waals surface area (Å²) < 4.78 is 1.09. The lowest BCUT2D eigenvalue weighted by atomic mass is 10.2. The Morgan fingerprint density at radius 3 is 2.50 bits per heavy atom. The van der Waals surface area contributed by atoms with Gasteiger partial charge in [-0.2, -0.15) is 0 Å². The molecule has 0 unspecified atom stereocenters. The van der Waals surface area contributed by atoms with Gasteiger partial charge >= 0.3 is 0 Å². The third kappa shape index (κ3) is 3.37. The van der Waals surface area contributed by atoms with Crippen LogP contribution in [0.4, 0.5) is 0 Å². The smallest absolute Gasteiger partial charge is 0.106 e. The second-order valence-corrected chi connectivity index (χ2v) is 3.41. The SMILES string of the molecule is C=O.CCc1cc(Br)ccc1Cl. The van der Waals surface area contributed by atoms with Crippen LogP contribution in [0.3, 0.4) is 0 Å². The first kappa shape index (κ1) is 11.7. The van der Waals surface area contributed by atoms with Gasteiger partial charge in [-0.1, -0.05) is 34.5 Å². The maximum absolute atomic E-state index is 8.00. The van der Waals surface area contributed by atoms with Gasteiger partial charge in [-0.15, -0.1) is 0 Å². The lowest BCUT2D eigenvalue weighted by Gasteiger charge is -1.99. The van der Waals surface area contributed by atoms with Gasteiger partial charge in [0.15, 0.2) is 0 Å². The molecular weight excluding hydrogens is 239 g/mol. The molecule has 12 heavy (non-hydrogen) atoms. The van der Waals surface area contributed by atoms with Crippen LogP contribution in [-0.4, -0.2) is 6.79 Å². The molecule has 0 bridgehead atoms. The van der Waals surface area contributed by atoms with E-state index in [1.54, 1.807) is 0 Å². The summed E-state index contributed by atoms with van der Waals surface area (Å²) in [6, 6.07) is 5.90. The number of benzene rings is 1. The zero-order valence-electron chi connectivity index (χ0n) is 6.81. The summed E-state index contributed by atoms with van der Waals surface area (Å²) in [6.45, 7) is 4.09. The Bertz CT molecular complexity index is 250. The Labute approximate surface area is 85.9 Å². The van der Waals surface area contributed by atoms with E-state index in [9.17, 15) is 0 Å². The highest BCUT2D eigenvalue weighted by atomic mass is 79.9. The first-order valence-corrected chi connectivity index (χ1v) is 4.64. The maximum Gasteiger partial charge on any atom is 0.106 e. The van der Waals surface area contributed by atoms with E-state index in [4.69, 9.17) is 16.4 Å². The zero-order chi connectivity index (χ0) is 9.56. The molecule has 0 aromatic heterocycles. The van der Waals surface area contributed by atoms with Crippen molar-refractivity contribution < 1.29 is 4.79 Å². The number of hydrogen-bond donors (Lipinski definition) is 0. The molecule has 0 spiro atoms. The fourth-order valence-electron chi connectivity index (χ4n) is 0.814. The second kappa shape index (κ2) is 6.21. The normalized spacial score (nSPS) is 8.58. The molecule has 0 radical (unpaired) electrons. The Morgan fingerprint density at radius 1 is 1.50 bits per heavy atom. The Kier molecular flexibility index (Phi) is 6.03. The van der Waals surface area contributed by atoms with E-state index in [2.05, 4.69) is 22.9 Å². The molecule has 1 rings (SSSR count). The van der Waals surface area contributed by atoms with Gasteiger partial charge in [0.2, 0.25) is 0 Å². The van der Waals surface area contributed by atoms with E-state index in [1.807, 2.05) is 25.0 Å². The molecule has 0 fully saturated rings. The van der Waals surface area contributed by atoms with E-state index in [-0.39, 0.29) is 0 Å². The quantitative estimate of drug-likeness (QED) is 0.745. The van der Waals surface area contributed by atoms with Crippen LogP contribution in [0.2, 0.25) is 5.02 Å². The lowest BCUT2D eigenvalue weighted by Crippen LogP contribution is -1.80. The second-order valence-electron chi connectivity index (χ2n) is 2.09. The average Bonchev–Trinajstić information content (AvgIpc) is 2.13. The standard InChI is InChI=1S/C8H8BrCl.CH2O/c1-2-6-5-7(9)3-4-8(6)10;1-2/h3-5H,2H2,1H3;1H2. The van der Waals surface area contributed by atoms with Crippen molar-refractivity contribution in [2.45, 2.75) is 13.3 Å². The van der Waals surface area contributed by atoms with Crippen LogP contribution in [0.5, 0.6) is 0 Å². The monoisotopic (exact) mass is 248 g/mol. The molecule has 1 nitrogen and oxygen atoms in total. The summed E-state index contributed by atoms with van der Waals surface area (Å²) in [5.41, 5.74) is 1.19. The van der Waals surface area contributed by atoms with Crippen molar-refractivity contribution in [1.29, 1.82) is 0 Å². The van der Waals surface area contributed by atoms with Crippen LogP contribution in [0.15, 0.2) is 22.7 Å². The minimum Gasteiger partial charge on any atom is -0.307 e. The number of aryl methyl sites for hydroxylation is 1. The molecule has 3 heteroatoms. The molecule has 0 saturated heterocycles. The first-order valence-electron chi connectivity index (χ1n) is 3.47. The third-order valence-corrected chi connectivity index (χ3v) is 2.25. The van der Waals surface area contributed by atoms with Crippen molar-refractivity contribution in [2.75, 3.05) is 0 Å². The van der Waals surface area contributed by atoms with E-state index in [0.717, 1.165) is 15.9 Å². The molecule has 0 aliphatic rings. The number of rotatable bonds is 1. The highest BCUT2D eigenvalue weighted by molar-refractivity contribution is 9.10. The Balaban J connectivity index is 0.000000561. The molecule has 0 aliphatic heterocycles. The summed E-state index contributed by atoms with van der Waals surface area (Å²) in [5.74, 6) is 0. The van der Waals surface area contributed by atoms with Gasteiger partial charge in [-0.25, -0.2) is 0 Å². The molecule has 0 amide bonds. The van der Waals surface area contributed by atoms with Gasteiger partial charge in [0, 0.05) is 9.50 Å². The van der Waals surface area contributed by atoms with Gasteiger partial charge in [-0.3, -0.25) is 0 Å². The highest BCUT2D eigenvalue weighted by Gasteiger charge is 1.96. The molecule has 0 heterocycles. The molecule has 66 valence electrons. The molecule has 1 aromatic rings.